The van der Waals surface area contributed by atoms with Crippen molar-refractivity contribution in [3.63, 3.8) is 0 Å². The third kappa shape index (κ3) is 5.47. The summed E-state index contributed by atoms with van der Waals surface area (Å²) in [6, 6.07) is 12.3. The molecule has 0 saturated heterocycles. The molecular formula is C20H23ClN2O3S. The molecule has 2 aromatic rings. The Morgan fingerprint density at radius 1 is 0.963 bits per heavy atom. The molecule has 27 heavy (non-hydrogen) atoms. The molecule has 0 unspecified atom stereocenters. The molecule has 3 rings (SSSR count). The van der Waals surface area contributed by atoms with Gasteiger partial charge in [-0.2, -0.15) is 0 Å². The highest BCUT2D eigenvalue weighted by Crippen LogP contribution is 2.23. The minimum absolute atomic E-state index is 0.0984. The van der Waals surface area contributed by atoms with E-state index in [4.69, 9.17) is 11.6 Å². The van der Waals surface area contributed by atoms with Gasteiger partial charge >= 0.3 is 0 Å². The molecule has 1 aliphatic carbocycles. The minimum Gasteiger partial charge on any atom is -0.352 e. The molecule has 0 aromatic heterocycles. The summed E-state index contributed by atoms with van der Waals surface area (Å²) in [5.74, 6) is 0.376. The van der Waals surface area contributed by atoms with E-state index in [1.807, 2.05) is 0 Å². The van der Waals surface area contributed by atoms with Crippen molar-refractivity contribution >= 4 is 33.2 Å². The first-order chi connectivity index (χ1) is 12.9. The molecule has 2 N–H and O–H groups in total. The number of hydrogen-bond acceptors (Lipinski definition) is 3. The molecule has 0 radical (unpaired) electrons. The van der Waals surface area contributed by atoms with Gasteiger partial charge in [0.05, 0.1) is 4.90 Å². The second kappa shape index (κ2) is 8.76. The van der Waals surface area contributed by atoms with Gasteiger partial charge in [0, 0.05) is 22.8 Å². The lowest BCUT2D eigenvalue weighted by Gasteiger charge is -2.21. The molecule has 0 spiro atoms. The molecule has 0 atom stereocenters. The first-order valence-electron chi connectivity index (χ1n) is 9.11. The predicted molar refractivity (Wildman–Crippen MR) is 108 cm³/mol. The van der Waals surface area contributed by atoms with Crippen LogP contribution in [0.15, 0.2) is 53.4 Å². The number of halogens is 1. The van der Waals surface area contributed by atoms with Gasteiger partial charge in [-0.1, -0.05) is 30.9 Å². The molecular weight excluding hydrogens is 384 g/mol. The number of nitrogens with one attached hydrogen (secondary N) is 2. The normalized spacial score (nSPS) is 15.3. The van der Waals surface area contributed by atoms with Crippen LogP contribution in [0.4, 0.5) is 5.69 Å². The zero-order valence-corrected chi connectivity index (χ0v) is 16.5. The molecule has 0 aliphatic heterocycles. The van der Waals surface area contributed by atoms with Gasteiger partial charge in [-0.05, 0) is 67.3 Å². The van der Waals surface area contributed by atoms with Crippen LogP contribution in [0.3, 0.4) is 0 Å². The highest BCUT2D eigenvalue weighted by molar-refractivity contribution is 7.92. The van der Waals surface area contributed by atoms with Gasteiger partial charge < -0.3 is 5.32 Å². The van der Waals surface area contributed by atoms with Crippen LogP contribution in [0.25, 0.3) is 0 Å². The first kappa shape index (κ1) is 19.7. The quantitative estimate of drug-likeness (QED) is 0.744. The van der Waals surface area contributed by atoms with E-state index >= 15 is 0 Å². The van der Waals surface area contributed by atoms with E-state index in [0.717, 1.165) is 12.8 Å². The van der Waals surface area contributed by atoms with Gasteiger partial charge in [0.1, 0.15) is 0 Å². The molecule has 0 heterocycles. The number of sulfonamides is 1. The lowest BCUT2D eigenvalue weighted by Crippen LogP contribution is -2.30. The molecule has 144 valence electrons. The Morgan fingerprint density at radius 2 is 1.59 bits per heavy atom. The zero-order chi connectivity index (χ0) is 19.3. The van der Waals surface area contributed by atoms with E-state index in [-0.39, 0.29) is 10.8 Å². The second-order valence-electron chi connectivity index (χ2n) is 6.85. The van der Waals surface area contributed by atoms with Crippen LogP contribution in [0.2, 0.25) is 5.02 Å². The van der Waals surface area contributed by atoms with Gasteiger partial charge in [-0.3, -0.25) is 9.52 Å². The Balaban J connectivity index is 1.61. The fraction of sp³-hybridized carbons (Fsp3) is 0.350. The number of hydrogen-bond donors (Lipinski definition) is 2. The fourth-order valence-corrected chi connectivity index (χ4v) is 4.43. The Morgan fingerprint density at radius 3 is 2.22 bits per heavy atom. The largest absolute Gasteiger partial charge is 0.352 e. The van der Waals surface area contributed by atoms with Crippen LogP contribution >= 0.6 is 11.6 Å². The Hall–Kier alpha value is -2.05. The zero-order valence-electron chi connectivity index (χ0n) is 14.9. The average Bonchev–Trinajstić information content (AvgIpc) is 2.69. The van der Waals surface area contributed by atoms with Gasteiger partial charge in [-0.15, -0.1) is 0 Å². The maximum atomic E-state index is 12.5. The smallest absolute Gasteiger partial charge is 0.261 e. The van der Waals surface area contributed by atoms with Gasteiger partial charge in [-0.25, -0.2) is 8.42 Å². The summed E-state index contributed by atoms with van der Waals surface area (Å²) in [7, 11) is -3.72. The predicted octanol–water partition coefficient (Wildman–Crippen LogP) is 4.45. The van der Waals surface area contributed by atoms with E-state index < -0.39 is 10.0 Å². The number of carbonyl (C=O) groups excluding carboxylic acids is 1. The molecule has 1 fully saturated rings. The highest BCUT2D eigenvalue weighted by Gasteiger charge is 2.17. The summed E-state index contributed by atoms with van der Waals surface area (Å²) in [4.78, 5) is 12.4. The molecule has 0 bridgehead atoms. The maximum Gasteiger partial charge on any atom is 0.261 e. The van der Waals surface area contributed by atoms with E-state index in [1.165, 1.54) is 43.5 Å². The van der Waals surface area contributed by atoms with Crippen molar-refractivity contribution in [3.8, 4) is 0 Å². The second-order valence-corrected chi connectivity index (χ2v) is 8.97. The third-order valence-corrected chi connectivity index (χ3v) is 6.45. The molecule has 5 nitrogen and oxygen atoms in total. The summed E-state index contributed by atoms with van der Waals surface area (Å²) in [6.45, 7) is 0.678. The summed E-state index contributed by atoms with van der Waals surface area (Å²) < 4.78 is 27.4. The summed E-state index contributed by atoms with van der Waals surface area (Å²) in [5.41, 5.74) is 0.880. The van der Waals surface area contributed by atoms with Crippen molar-refractivity contribution in [1.82, 2.24) is 5.32 Å². The maximum absolute atomic E-state index is 12.5. The van der Waals surface area contributed by atoms with E-state index in [2.05, 4.69) is 10.0 Å². The lowest BCUT2D eigenvalue weighted by atomic mass is 9.89. The van der Waals surface area contributed by atoms with Crippen molar-refractivity contribution in [2.75, 3.05) is 11.3 Å². The van der Waals surface area contributed by atoms with E-state index in [9.17, 15) is 13.2 Å². The summed E-state index contributed by atoms with van der Waals surface area (Å²) >= 11 is 5.81. The standard InChI is InChI=1S/C20H23ClN2O3S/c21-17-8-10-18(11-9-17)23-27(25,26)19-12-6-16(7-13-19)20(24)22-14-15-4-2-1-3-5-15/h6-13,15,23H,1-5,14H2,(H,22,24). The van der Waals surface area contributed by atoms with E-state index in [1.54, 1.807) is 24.3 Å². The average molecular weight is 407 g/mol. The van der Waals surface area contributed by atoms with Crippen LogP contribution in [-0.2, 0) is 10.0 Å². The van der Waals surface area contributed by atoms with Crippen molar-refractivity contribution < 1.29 is 13.2 Å². The van der Waals surface area contributed by atoms with Gasteiger partial charge in [0.15, 0.2) is 0 Å². The summed E-state index contributed by atoms with van der Waals surface area (Å²) in [5, 5.41) is 3.48. The Bertz CT molecular complexity index is 874. The van der Waals surface area contributed by atoms with Crippen LogP contribution in [0.5, 0.6) is 0 Å². The van der Waals surface area contributed by atoms with Crippen molar-refractivity contribution in [1.29, 1.82) is 0 Å². The number of amides is 1. The third-order valence-electron chi connectivity index (χ3n) is 4.80. The Kier molecular flexibility index (Phi) is 6.39. The number of carbonyl (C=O) groups is 1. The summed E-state index contributed by atoms with van der Waals surface area (Å²) in [6.07, 6.45) is 6.06. The molecule has 1 saturated carbocycles. The van der Waals surface area contributed by atoms with Gasteiger partial charge in [0.25, 0.3) is 15.9 Å². The van der Waals surface area contributed by atoms with Gasteiger partial charge in [0.2, 0.25) is 0 Å². The van der Waals surface area contributed by atoms with Crippen molar-refractivity contribution in [2.45, 2.75) is 37.0 Å². The van der Waals surface area contributed by atoms with Crippen LogP contribution in [-0.4, -0.2) is 20.9 Å². The highest BCUT2D eigenvalue weighted by atomic mass is 35.5. The monoisotopic (exact) mass is 406 g/mol. The number of benzene rings is 2. The molecule has 1 amide bonds. The molecule has 2 aromatic carbocycles. The lowest BCUT2D eigenvalue weighted by molar-refractivity contribution is 0.0943. The first-order valence-corrected chi connectivity index (χ1v) is 11.0. The molecule has 1 aliphatic rings. The number of anilines is 1. The van der Waals surface area contributed by atoms with Crippen LogP contribution in [0, 0.1) is 5.92 Å². The SMILES string of the molecule is O=C(NCC1CCCCC1)c1ccc(S(=O)(=O)Nc2ccc(Cl)cc2)cc1. The number of rotatable bonds is 6. The van der Waals surface area contributed by atoms with Crippen molar-refractivity contribution in [3.05, 3.63) is 59.1 Å². The Labute approximate surface area is 165 Å². The van der Waals surface area contributed by atoms with Crippen LogP contribution in [0.1, 0.15) is 42.5 Å². The molecule has 7 heteroatoms. The topological polar surface area (TPSA) is 75.3 Å². The van der Waals surface area contributed by atoms with Crippen molar-refractivity contribution in [2.24, 2.45) is 5.92 Å². The fourth-order valence-electron chi connectivity index (χ4n) is 3.25. The van der Waals surface area contributed by atoms with E-state index in [0.29, 0.717) is 28.7 Å². The van der Waals surface area contributed by atoms with Crippen LogP contribution < -0.4 is 10.0 Å². The minimum atomic E-state index is -3.72.